The molecule has 1 aliphatic heterocycles. The summed E-state index contributed by atoms with van der Waals surface area (Å²) in [6, 6.07) is 0.633. The number of morpholine rings is 1. The molecule has 0 aromatic rings. The molecule has 2 atom stereocenters. The van der Waals surface area contributed by atoms with E-state index in [1.165, 1.54) is 12.8 Å². The smallest absolute Gasteiger partial charge is 0.0674 e. The summed E-state index contributed by atoms with van der Waals surface area (Å²) in [6.45, 7) is 12.0. The molecule has 90 valence electrons. The first kappa shape index (κ1) is 12.9. The largest absolute Gasteiger partial charge is 0.376 e. The van der Waals surface area contributed by atoms with E-state index < -0.39 is 0 Å². The van der Waals surface area contributed by atoms with Gasteiger partial charge in [0.25, 0.3) is 0 Å². The van der Waals surface area contributed by atoms with E-state index in [4.69, 9.17) is 4.74 Å². The van der Waals surface area contributed by atoms with Gasteiger partial charge in [0.15, 0.2) is 0 Å². The maximum atomic E-state index is 5.54. The van der Waals surface area contributed by atoms with Crippen LogP contribution < -0.4 is 5.32 Å². The highest BCUT2D eigenvalue weighted by molar-refractivity contribution is 4.75. The van der Waals surface area contributed by atoms with Crippen molar-refractivity contribution >= 4 is 0 Å². The van der Waals surface area contributed by atoms with Crippen LogP contribution in [0.25, 0.3) is 0 Å². The highest BCUT2D eigenvalue weighted by atomic mass is 16.5. The minimum atomic E-state index is 0.400. The van der Waals surface area contributed by atoms with Gasteiger partial charge in [0.2, 0.25) is 0 Å². The Morgan fingerprint density at radius 3 is 3.00 bits per heavy atom. The van der Waals surface area contributed by atoms with Gasteiger partial charge in [-0.05, 0) is 26.8 Å². The number of nitrogens with zero attached hydrogens (tertiary/aromatic N) is 1. The van der Waals surface area contributed by atoms with Crippen LogP contribution in [-0.4, -0.2) is 49.8 Å². The average Bonchev–Trinajstić information content (AvgIpc) is 2.24. The van der Waals surface area contributed by atoms with E-state index in [1.807, 2.05) is 0 Å². The predicted octanol–water partition coefficient (Wildman–Crippen LogP) is 1.49. The lowest BCUT2D eigenvalue weighted by Gasteiger charge is -2.35. The van der Waals surface area contributed by atoms with Crippen LogP contribution in [0.15, 0.2) is 0 Å². The molecular weight excluding hydrogens is 188 g/mol. The topological polar surface area (TPSA) is 24.5 Å². The van der Waals surface area contributed by atoms with Crippen LogP contribution >= 0.6 is 0 Å². The number of unbranched alkanes of at least 4 members (excludes halogenated alkanes) is 1. The van der Waals surface area contributed by atoms with Crippen LogP contribution in [-0.2, 0) is 4.74 Å². The van der Waals surface area contributed by atoms with Crippen molar-refractivity contribution in [3.05, 3.63) is 0 Å². The molecule has 3 heteroatoms. The van der Waals surface area contributed by atoms with Crippen LogP contribution in [0.4, 0.5) is 0 Å². The minimum absolute atomic E-state index is 0.400. The van der Waals surface area contributed by atoms with Gasteiger partial charge in [0.05, 0.1) is 12.7 Å². The summed E-state index contributed by atoms with van der Waals surface area (Å²) in [6.07, 6.45) is 2.96. The van der Waals surface area contributed by atoms with Gasteiger partial charge in [-0.1, -0.05) is 13.3 Å². The summed E-state index contributed by atoms with van der Waals surface area (Å²) in [5, 5.41) is 3.52. The van der Waals surface area contributed by atoms with Crippen LogP contribution in [0.1, 0.15) is 33.6 Å². The van der Waals surface area contributed by atoms with Crippen molar-refractivity contribution in [3.8, 4) is 0 Å². The molecule has 0 aromatic carbocycles. The zero-order valence-electron chi connectivity index (χ0n) is 10.5. The lowest BCUT2D eigenvalue weighted by molar-refractivity contribution is -0.0311. The molecule has 1 aliphatic rings. The first-order valence-electron chi connectivity index (χ1n) is 6.30. The second-order valence-electron chi connectivity index (χ2n) is 4.58. The third-order valence-corrected chi connectivity index (χ3v) is 3.04. The Hall–Kier alpha value is -0.120. The van der Waals surface area contributed by atoms with Crippen molar-refractivity contribution in [2.75, 3.05) is 32.8 Å². The summed E-state index contributed by atoms with van der Waals surface area (Å²) in [5.41, 5.74) is 0. The number of rotatable bonds is 6. The highest BCUT2D eigenvalue weighted by Crippen LogP contribution is 2.07. The summed E-state index contributed by atoms with van der Waals surface area (Å²) in [7, 11) is 0. The molecular formula is C12H26N2O. The molecule has 1 heterocycles. The Kier molecular flexibility index (Phi) is 6.22. The molecule has 1 saturated heterocycles. The van der Waals surface area contributed by atoms with E-state index in [9.17, 15) is 0 Å². The van der Waals surface area contributed by atoms with Crippen molar-refractivity contribution in [1.29, 1.82) is 0 Å². The van der Waals surface area contributed by atoms with Crippen molar-refractivity contribution in [1.82, 2.24) is 10.2 Å². The van der Waals surface area contributed by atoms with E-state index in [0.717, 1.165) is 32.8 Å². The van der Waals surface area contributed by atoms with E-state index >= 15 is 0 Å². The van der Waals surface area contributed by atoms with Gasteiger partial charge in [-0.25, -0.2) is 0 Å². The Bertz CT molecular complexity index is 164. The Labute approximate surface area is 94.2 Å². The molecule has 0 aliphatic carbocycles. The summed E-state index contributed by atoms with van der Waals surface area (Å²) in [4.78, 5) is 2.52. The maximum absolute atomic E-state index is 5.54. The van der Waals surface area contributed by atoms with Gasteiger partial charge in [0, 0.05) is 25.7 Å². The van der Waals surface area contributed by atoms with Crippen molar-refractivity contribution in [2.45, 2.75) is 45.8 Å². The molecule has 0 bridgehead atoms. The SMILES string of the molecule is CCCCNCC(C)N1CCOC(C)C1. The van der Waals surface area contributed by atoms with Gasteiger partial charge in [-0.3, -0.25) is 4.90 Å². The van der Waals surface area contributed by atoms with Crippen molar-refractivity contribution in [3.63, 3.8) is 0 Å². The monoisotopic (exact) mass is 214 g/mol. The number of hydrogen-bond acceptors (Lipinski definition) is 3. The first-order chi connectivity index (χ1) is 7.24. The molecule has 0 amide bonds. The van der Waals surface area contributed by atoms with Crippen molar-refractivity contribution < 1.29 is 4.74 Å². The standard InChI is InChI=1S/C12H26N2O/c1-4-5-6-13-9-11(2)14-7-8-15-12(3)10-14/h11-13H,4-10H2,1-3H3. The van der Waals surface area contributed by atoms with E-state index in [0.29, 0.717) is 12.1 Å². The zero-order valence-corrected chi connectivity index (χ0v) is 10.5. The number of ether oxygens (including phenoxy) is 1. The molecule has 0 aromatic heterocycles. The Balaban J connectivity index is 2.12. The van der Waals surface area contributed by atoms with Gasteiger partial charge >= 0.3 is 0 Å². The fourth-order valence-electron chi connectivity index (χ4n) is 1.99. The summed E-state index contributed by atoms with van der Waals surface area (Å²) >= 11 is 0. The highest BCUT2D eigenvalue weighted by Gasteiger charge is 2.20. The normalized spacial score (nSPS) is 25.4. The van der Waals surface area contributed by atoms with Crippen LogP contribution in [0.5, 0.6) is 0 Å². The molecule has 0 radical (unpaired) electrons. The third kappa shape index (κ3) is 4.96. The van der Waals surface area contributed by atoms with Gasteiger partial charge in [-0.15, -0.1) is 0 Å². The van der Waals surface area contributed by atoms with Gasteiger partial charge < -0.3 is 10.1 Å². The quantitative estimate of drug-likeness (QED) is 0.678. The maximum Gasteiger partial charge on any atom is 0.0674 e. The molecule has 2 unspecified atom stereocenters. The first-order valence-corrected chi connectivity index (χ1v) is 6.30. The zero-order chi connectivity index (χ0) is 11.1. The van der Waals surface area contributed by atoms with E-state index in [-0.39, 0.29) is 0 Å². The second kappa shape index (κ2) is 7.20. The fraction of sp³-hybridized carbons (Fsp3) is 1.00. The lowest BCUT2D eigenvalue weighted by atomic mass is 10.2. The van der Waals surface area contributed by atoms with Crippen LogP contribution in [0.2, 0.25) is 0 Å². The molecule has 1 fully saturated rings. The Morgan fingerprint density at radius 1 is 1.53 bits per heavy atom. The molecule has 0 saturated carbocycles. The van der Waals surface area contributed by atoms with Crippen molar-refractivity contribution in [2.24, 2.45) is 0 Å². The molecule has 15 heavy (non-hydrogen) atoms. The molecule has 0 spiro atoms. The summed E-state index contributed by atoms with van der Waals surface area (Å²) in [5.74, 6) is 0. The minimum Gasteiger partial charge on any atom is -0.376 e. The number of nitrogens with one attached hydrogen (secondary N) is 1. The second-order valence-corrected chi connectivity index (χ2v) is 4.58. The van der Waals surface area contributed by atoms with Gasteiger partial charge in [0.1, 0.15) is 0 Å². The van der Waals surface area contributed by atoms with Crippen LogP contribution in [0, 0.1) is 0 Å². The number of hydrogen-bond donors (Lipinski definition) is 1. The molecule has 1 N–H and O–H groups in total. The Morgan fingerprint density at radius 2 is 2.33 bits per heavy atom. The predicted molar refractivity (Wildman–Crippen MR) is 64.2 cm³/mol. The van der Waals surface area contributed by atoms with E-state index in [2.05, 4.69) is 31.0 Å². The van der Waals surface area contributed by atoms with Gasteiger partial charge in [-0.2, -0.15) is 0 Å². The molecule has 1 rings (SSSR count). The lowest BCUT2D eigenvalue weighted by Crippen LogP contribution is -2.49. The van der Waals surface area contributed by atoms with E-state index in [1.54, 1.807) is 0 Å². The fourth-order valence-corrected chi connectivity index (χ4v) is 1.99. The summed E-state index contributed by atoms with van der Waals surface area (Å²) < 4.78 is 5.54. The third-order valence-electron chi connectivity index (χ3n) is 3.04. The molecule has 3 nitrogen and oxygen atoms in total. The average molecular weight is 214 g/mol. The van der Waals surface area contributed by atoms with Crippen LogP contribution in [0.3, 0.4) is 0 Å².